The van der Waals surface area contributed by atoms with E-state index >= 15 is 0 Å². The van der Waals surface area contributed by atoms with Crippen molar-refractivity contribution in [3.05, 3.63) is 0 Å². The highest BCUT2D eigenvalue weighted by molar-refractivity contribution is 5.86. The normalized spacial score (nSPS) is 22.2. The zero-order valence-corrected chi connectivity index (χ0v) is 13.3. The van der Waals surface area contributed by atoms with E-state index in [1.165, 1.54) is 12.8 Å². The van der Waals surface area contributed by atoms with E-state index in [4.69, 9.17) is 5.73 Å². The Labute approximate surface area is 123 Å². The third-order valence-electron chi connectivity index (χ3n) is 4.52. The molecule has 1 unspecified atom stereocenters. The summed E-state index contributed by atoms with van der Waals surface area (Å²) in [6.45, 7) is 9.38. The van der Waals surface area contributed by atoms with Gasteiger partial charge >= 0.3 is 0 Å². The van der Waals surface area contributed by atoms with Gasteiger partial charge in [0.2, 0.25) is 5.91 Å². The molecule has 1 atom stereocenters. The summed E-state index contributed by atoms with van der Waals surface area (Å²) in [5.41, 5.74) is 5.33. The predicted molar refractivity (Wildman–Crippen MR) is 82.4 cm³/mol. The highest BCUT2D eigenvalue weighted by Gasteiger charge is 2.51. The lowest BCUT2D eigenvalue weighted by Crippen LogP contribution is -2.63. The second kappa shape index (κ2) is 6.44. The Kier molecular flexibility index (Phi) is 5.08. The molecule has 0 aromatic carbocycles. The quantitative estimate of drug-likeness (QED) is 0.641. The largest absolute Gasteiger partial charge is 0.368 e. The third-order valence-corrected chi connectivity index (χ3v) is 4.52. The van der Waals surface area contributed by atoms with E-state index in [0.717, 1.165) is 38.9 Å². The molecule has 2 aliphatic rings. The van der Waals surface area contributed by atoms with Crippen LogP contribution in [0, 0.1) is 11.8 Å². The molecule has 0 radical (unpaired) electrons. The molecular weight excluding hydrogens is 250 g/mol. The van der Waals surface area contributed by atoms with Gasteiger partial charge in [-0.1, -0.05) is 20.8 Å². The van der Waals surface area contributed by atoms with Crippen LogP contribution >= 0.6 is 0 Å². The van der Waals surface area contributed by atoms with Crippen molar-refractivity contribution >= 4 is 5.91 Å². The number of hydrogen-bond donors (Lipinski definition) is 2. The maximum absolute atomic E-state index is 12.2. The van der Waals surface area contributed by atoms with E-state index < -0.39 is 5.54 Å². The predicted octanol–water partition coefficient (Wildman–Crippen LogP) is 1.74. The number of hydrogen-bond acceptors (Lipinski definition) is 3. The van der Waals surface area contributed by atoms with Gasteiger partial charge in [0.1, 0.15) is 5.54 Å². The number of nitrogens with two attached hydrogens (primary N) is 1. The summed E-state index contributed by atoms with van der Waals surface area (Å²) < 4.78 is 0. The zero-order valence-electron chi connectivity index (χ0n) is 13.3. The Morgan fingerprint density at radius 1 is 1.35 bits per heavy atom. The summed E-state index contributed by atoms with van der Waals surface area (Å²) in [7, 11) is 0. The molecule has 2 rings (SSSR count). The number of rotatable bonds is 10. The fourth-order valence-corrected chi connectivity index (χ4v) is 3.19. The minimum Gasteiger partial charge on any atom is -0.368 e. The first-order valence-electron chi connectivity index (χ1n) is 8.28. The van der Waals surface area contributed by atoms with Gasteiger partial charge in [-0.3, -0.25) is 9.69 Å². The van der Waals surface area contributed by atoms with E-state index in [-0.39, 0.29) is 5.91 Å². The van der Waals surface area contributed by atoms with Crippen LogP contribution in [0.3, 0.4) is 0 Å². The van der Waals surface area contributed by atoms with Crippen LogP contribution in [-0.2, 0) is 4.79 Å². The number of carbonyl (C=O) groups is 1. The van der Waals surface area contributed by atoms with Crippen molar-refractivity contribution in [2.24, 2.45) is 17.6 Å². The van der Waals surface area contributed by atoms with E-state index in [1.54, 1.807) is 0 Å². The smallest absolute Gasteiger partial charge is 0.239 e. The molecule has 0 aliphatic heterocycles. The van der Waals surface area contributed by atoms with Crippen molar-refractivity contribution in [3.63, 3.8) is 0 Å². The van der Waals surface area contributed by atoms with Crippen molar-refractivity contribution in [2.75, 3.05) is 19.6 Å². The maximum atomic E-state index is 12.2. The van der Waals surface area contributed by atoms with Crippen LogP contribution in [-0.4, -0.2) is 42.0 Å². The fourth-order valence-electron chi connectivity index (χ4n) is 3.19. The first-order valence-corrected chi connectivity index (χ1v) is 8.28. The van der Waals surface area contributed by atoms with Crippen molar-refractivity contribution < 1.29 is 4.79 Å². The van der Waals surface area contributed by atoms with Gasteiger partial charge in [-0.2, -0.15) is 0 Å². The SMILES string of the molecule is CCCNC(CN(CC(C)C)C1CC1)(C(N)=O)C1CC1. The Bertz CT molecular complexity index is 337. The Balaban J connectivity index is 2.09. The monoisotopic (exact) mass is 281 g/mol. The Morgan fingerprint density at radius 3 is 2.40 bits per heavy atom. The molecule has 2 fully saturated rings. The lowest BCUT2D eigenvalue weighted by atomic mass is 9.90. The van der Waals surface area contributed by atoms with Crippen molar-refractivity contribution in [1.82, 2.24) is 10.2 Å². The number of nitrogens with one attached hydrogen (secondary N) is 1. The highest BCUT2D eigenvalue weighted by atomic mass is 16.1. The summed E-state index contributed by atoms with van der Waals surface area (Å²) in [6.07, 6.45) is 5.87. The maximum Gasteiger partial charge on any atom is 0.239 e. The van der Waals surface area contributed by atoms with Gasteiger partial charge in [0.25, 0.3) is 0 Å². The van der Waals surface area contributed by atoms with Gasteiger partial charge in [0.15, 0.2) is 0 Å². The molecule has 20 heavy (non-hydrogen) atoms. The van der Waals surface area contributed by atoms with Crippen LogP contribution in [0.15, 0.2) is 0 Å². The minimum absolute atomic E-state index is 0.150. The van der Waals surface area contributed by atoms with Crippen molar-refractivity contribution in [2.45, 2.75) is 64.5 Å². The summed E-state index contributed by atoms with van der Waals surface area (Å²) in [6, 6.07) is 0.679. The van der Waals surface area contributed by atoms with Crippen LogP contribution in [0.25, 0.3) is 0 Å². The molecule has 0 aromatic rings. The van der Waals surface area contributed by atoms with Gasteiger partial charge in [-0.15, -0.1) is 0 Å². The second-order valence-electron chi connectivity index (χ2n) is 7.09. The van der Waals surface area contributed by atoms with Gasteiger partial charge < -0.3 is 11.1 Å². The number of carbonyl (C=O) groups excluding carboxylic acids is 1. The van der Waals surface area contributed by atoms with Gasteiger partial charge in [0, 0.05) is 19.1 Å². The van der Waals surface area contributed by atoms with Crippen LogP contribution in [0.4, 0.5) is 0 Å². The number of amides is 1. The van der Waals surface area contributed by atoms with Crippen LogP contribution in [0.5, 0.6) is 0 Å². The van der Waals surface area contributed by atoms with Crippen molar-refractivity contribution in [1.29, 1.82) is 0 Å². The van der Waals surface area contributed by atoms with Crippen LogP contribution in [0.1, 0.15) is 52.9 Å². The first kappa shape index (κ1) is 15.8. The molecule has 2 aliphatic carbocycles. The second-order valence-corrected chi connectivity index (χ2v) is 7.09. The average molecular weight is 281 g/mol. The topological polar surface area (TPSA) is 58.4 Å². The molecule has 0 aromatic heterocycles. The number of primary amides is 1. The third kappa shape index (κ3) is 3.73. The molecule has 0 saturated heterocycles. The van der Waals surface area contributed by atoms with Crippen LogP contribution < -0.4 is 11.1 Å². The molecular formula is C16H31N3O. The zero-order chi connectivity index (χ0) is 14.8. The lowest BCUT2D eigenvalue weighted by Gasteiger charge is -2.38. The lowest BCUT2D eigenvalue weighted by molar-refractivity contribution is -0.126. The molecule has 4 heteroatoms. The van der Waals surface area contributed by atoms with Gasteiger partial charge in [0.05, 0.1) is 0 Å². The van der Waals surface area contributed by atoms with Gasteiger partial charge in [-0.25, -0.2) is 0 Å². The standard InChI is InChI=1S/C16H31N3O/c1-4-9-18-16(15(17)20,13-5-6-13)11-19(10-12(2)3)14-7-8-14/h12-14,18H,4-11H2,1-3H3,(H2,17,20). The van der Waals surface area contributed by atoms with Crippen molar-refractivity contribution in [3.8, 4) is 0 Å². The molecule has 116 valence electrons. The summed E-state index contributed by atoms with van der Waals surface area (Å²) in [4.78, 5) is 14.7. The van der Waals surface area contributed by atoms with Gasteiger partial charge in [-0.05, 0) is 50.5 Å². The number of nitrogens with zero attached hydrogens (tertiary/aromatic N) is 1. The Morgan fingerprint density at radius 2 is 2.00 bits per heavy atom. The molecule has 0 bridgehead atoms. The van der Waals surface area contributed by atoms with Crippen LogP contribution in [0.2, 0.25) is 0 Å². The van der Waals surface area contributed by atoms with E-state index in [2.05, 4.69) is 31.0 Å². The average Bonchev–Trinajstić information content (AvgIpc) is 3.25. The van der Waals surface area contributed by atoms with E-state index in [0.29, 0.717) is 17.9 Å². The van der Waals surface area contributed by atoms with E-state index in [1.807, 2.05) is 0 Å². The minimum atomic E-state index is -0.493. The first-order chi connectivity index (χ1) is 9.49. The highest BCUT2D eigenvalue weighted by Crippen LogP contribution is 2.41. The van der Waals surface area contributed by atoms with E-state index in [9.17, 15) is 4.79 Å². The molecule has 2 saturated carbocycles. The summed E-state index contributed by atoms with van der Waals surface area (Å²) in [5.74, 6) is 0.925. The molecule has 1 amide bonds. The molecule has 0 spiro atoms. The molecule has 4 nitrogen and oxygen atoms in total. The molecule has 0 heterocycles. The summed E-state index contributed by atoms with van der Waals surface area (Å²) >= 11 is 0. The molecule has 3 N–H and O–H groups in total. The fraction of sp³-hybridized carbons (Fsp3) is 0.938. The summed E-state index contributed by atoms with van der Waals surface area (Å²) in [5, 5.41) is 3.51. The Hall–Kier alpha value is -0.610.